The minimum atomic E-state index is -3.13. The van der Waals surface area contributed by atoms with Crippen molar-refractivity contribution in [2.75, 3.05) is 38.5 Å². The number of hydrogen-bond donors (Lipinski definition) is 1. The van der Waals surface area contributed by atoms with Gasteiger partial charge in [0.1, 0.15) is 0 Å². The van der Waals surface area contributed by atoms with E-state index in [0.717, 1.165) is 25.8 Å². The van der Waals surface area contributed by atoms with Crippen LogP contribution in [0, 0.1) is 0 Å². The van der Waals surface area contributed by atoms with Crippen LogP contribution in [0.1, 0.15) is 39.0 Å². The lowest BCUT2D eigenvalue weighted by Crippen LogP contribution is -2.55. The molecule has 2 fully saturated rings. The molecule has 1 N–H and O–H groups in total. The number of carbonyl (C=O) groups excluding carboxylic acids is 1. The first-order valence-electron chi connectivity index (χ1n) is 8.04. The zero-order chi connectivity index (χ0) is 15.3. The summed E-state index contributed by atoms with van der Waals surface area (Å²) < 4.78 is 25.6. The molecule has 1 atom stereocenters. The Labute approximate surface area is 127 Å². The van der Waals surface area contributed by atoms with Crippen LogP contribution in [0.3, 0.4) is 0 Å². The van der Waals surface area contributed by atoms with Gasteiger partial charge in [0.2, 0.25) is 15.9 Å². The van der Waals surface area contributed by atoms with Gasteiger partial charge in [0.25, 0.3) is 0 Å². The average molecular weight is 317 g/mol. The molecule has 0 spiro atoms. The smallest absolute Gasteiger partial charge is 0.239 e. The molecule has 0 aromatic carbocycles. The number of rotatable bonds is 4. The topological polar surface area (TPSA) is 69.7 Å². The molecule has 21 heavy (non-hydrogen) atoms. The molecule has 1 unspecified atom stereocenters. The highest BCUT2D eigenvalue weighted by Gasteiger charge is 2.31. The maximum absolute atomic E-state index is 12.5. The maximum Gasteiger partial charge on any atom is 0.239 e. The molecule has 7 heteroatoms. The van der Waals surface area contributed by atoms with Gasteiger partial charge in [-0.2, -0.15) is 4.31 Å². The highest BCUT2D eigenvalue weighted by atomic mass is 32.2. The van der Waals surface area contributed by atoms with E-state index in [0.29, 0.717) is 32.6 Å². The highest BCUT2D eigenvalue weighted by Crippen LogP contribution is 2.14. The first-order chi connectivity index (χ1) is 10.0. The normalized spacial score (nSPS) is 25.6. The fraction of sp³-hybridized carbons (Fsp3) is 0.929. The lowest BCUT2D eigenvalue weighted by Gasteiger charge is -2.35. The third-order valence-electron chi connectivity index (χ3n) is 4.26. The van der Waals surface area contributed by atoms with E-state index in [4.69, 9.17) is 0 Å². The first kappa shape index (κ1) is 16.7. The van der Waals surface area contributed by atoms with Crippen LogP contribution >= 0.6 is 0 Å². The van der Waals surface area contributed by atoms with Crippen LogP contribution in [-0.4, -0.2) is 68.0 Å². The predicted molar refractivity (Wildman–Crippen MR) is 82.5 cm³/mol. The predicted octanol–water partition coefficient (Wildman–Crippen LogP) is 0.403. The molecule has 0 aromatic rings. The summed E-state index contributed by atoms with van der Waals surface area (Å²) in [5.74, 6) is 0.343. The van der Waals surface area contributed by atoms with E-state index in [1.165, 1.54) is 10.7 Å². The summed E-state index contributed by atoms with van der Waals surface area (Å²) >= 11 is 0. The molecule has 0 aliphatic carbocycles. The van der Waals surface area contributed by atoms with Crippen molar-refractivity contribution in [2.24, 2.45) is 0 Å². The quantitative estimate of drug-likeness (QED) is 0.815. The molecule has 0 radical (unpaired) electrons. The molecule has 2 aliphatic heterocycles. The van der Waals surface area contributed by atoms with E-state index in [1.54, 1.807) is 0 Å². The summed E-state index contributed by atoms with van der Waals surface area (Å²) in [6, 6.07) is -0.0775. The van der Waals surface area contributed by atoms with Crippen molar-refractivity contribution in [1.29, 1.82) is 0 Å². The molecular weight excluding hydrogens is 290 g/mol. The highest BCUT2D eigenvalue weighted by molar-refractivity contribution is 7.89. The second-order valence-electron chi connectivity index (χ2n) is 5.90. The van der Waals surface area contributed by atoms with E-state index in [9.17, 15) is 13.2 Å². The monoisotopic (exact) mass is 317 g/mol. The summed E-state index contributed by atoms with van der Waals surface area (Å²) in [6.07, 6.45) is 4.93. The van der Waals surface area contributed by atoms with Crippen LogP contribution in [0.2, 0.25) is 0 Å². The van der Waals surface area contributed by atoms with E-state index >= 15 is 0 Å². The van der Waals surface area contributed by atoms with Crippen LogP contribution in [0.4, 0.5) is 0 Å². The number of nitrogens with zero attached hydrogens (tertiary/aromatic N) is 2. The summed E-state index contributed by atoms with van der Waals surface area (Å²) in [5, 5.41) is 3.32. The van der Waals surface area contributed by atoms with Gasteiger partial charge >= 0.3 is 0 Å². The van der Waals surface area contributed by atoms with Gasteiger partial charge in [0.15, 0.2) is 0 Å². The lowest BCUT2D eigenvalue weighted by atomic mass is 10.1. The minimum absolute atomic E-state index is 0.0775. The van der Waals surface area contributed by atoms with E-state index in [-0.39, 0.29) is 17.7 Å². The van der Waals surface area contributed by atoms with Crippen molar-refractivity contribution in [3.63, 3.8) is 0 Å². The van der Waals surface area contributed by atoms with Crippen molar-refractivity contribution in [1.82, 2.24) is 14.5 Å². The van der Waals surface area contributed by atoms with Gasteiger partial charge in [-0.15, -0.1) is 0 Å². The van der Waals surface area contributed by atoms with Crippen molar-refractivity contribution >= 4 is 15.9 Å². The van der Waals surface area contributed by atoms with E-state index in [1.807, 2.05) is 11.8 Å². The third-order valence-corrected chi connectivity index (χ3v) is 6.34. The van der Waals surface area contributed by atoms with Gasteiger partial charge in [-0.05, 0) is 25.8 Å². The Morgan fingerprint density at radius 2 is 1.86 bits per heavy atom. The van der Waals surface area contributed by atoms with Gasteiger partial charge in [0, 0.05) is 26.2 Å². The zero-order valence-electron chi connectivity index (χ0n) is 12.9. The average Bonchev–Trinajstić information content (AvgIpc) is 2.76. The Morgan fingerprint density at radius 3 is 2.52 bits per heavy atom. The lowest BCUT2D eigenvalue weighted by molar-refractivity contribution is -0.134. The number of sulfonamides is 1. The standard InChI is InChI=1S/C14H27N3O3S/c1-2-12-21(19,20)17-10-8-16(9-11-17)14(18)13-6-4-3-5-7-15-13/h13,15H,2-12H2,1H3. The number of nitrogens with one attached hydrogen (secondary N) is 1. The van der Waals surface area contributed by atoms with Gasteiger partial charge in [-0.25, -0.2) is 8.42 Å². The van der Waals surface area contributed by atoms with Crippen molar-refractivity contribution in [2.45, 2.75) is 45.1 Å². The first-order valence-corrected chi connectivity index (χ1v) is 9.65. The van der Waals surface area contributed by atoms with Crippen LogP contribution in [0.5, 0.6) is 0 Å². The van der Waals surface area contributed by atoms with Crippen LogP contribution < -0.4 is 5.32 Å². The number of hydrogen-bond acceptors (Lipinski definition) is 4. The molecular formula is C14H27N3O3S. The van der Waals surface area contributed by atoms with Gasteiger partial charge < -0.3 is 10.2 Å². The molecule has 0 saturated carbocycles. The molecule has 2 heterocycles. The van der Waals surface area contributed by atoms with E-state index in [2.05, 4.69) is 5.32 Å². The van der Waals surface area contributed by atoms with E-state index < -0.39 is 10.0 Å². The Kier molecular flexibility index (Phi) is 6.01. The molecule has 122 valence electrons. The van der Waals surface area contributed by atoms with Gasteiger partial charge in [0.05, 0.1) is 11.8 Å². The fourth-order valence-electron chi connectivity index (χ4n) is 3.03. The molecule has 2 saturated heterocycles. The Morgan fingerprint density at radius 1 is 1.14 bits per heavy atom. The molecule has 2 aliphatic rings. The Balaban J connectivity index is 1.87. The van der Waals surface area contributed by atoms with Gasteiger partial charge in [-0.1, -0.05) is 19.8 Å². The van der Waals surface area contributed by atoms with Gasteiger partial charge in [-0.3, -0.25) is 4.79 Å². The molecule has 2 rings (SSSR count). The Hall–Kier alpha value is -0.660. The maximum atomic E-state index is 12.5. The second-order valence-corrected chi connectivity index (χ2v) is 7.98. The number of piperazine rings is 1. The second kappa shape index (κ2) is 7.56. The van der Waals surface area contributed by atoms with Crippen molar-refractivity contribution in [3.8, 4) is 0 Å². The summed E-state index contributed by atoms with van der Waals surface area (Å²) in [7, 11) is -3.13. The SMILES string of the molecule is CCCS(=O)(=O)N1CCN(C(=O)C2CCCCCN2)CC1. The summed E-state index contributed by atoms with van der Waals surface area (Å²) in [6.45, 7) is 4.66. The molecule has 0 aromatic heterocycles. The minimum Gasteiger partial charge on any atom is -0.339 e. The van der Waals surface area contributed by atoms with Crippen molar-refractivity contribution in [3.05, 3.63) is 0 Å². The largest absolute Gasteiger partial charge is 0.339 e. The third kappa shape index (κ3) is 4.40. The molecule has 6 nitrogen and oxygen atoms in total. The molecule has 1 amide bonds. The van der Waals surface area contributed by atoms with Crippen LogP contribution in [0.25, 0.3) is 0 Å². The van der Waals surface area contributed by atoms with Crippen LogP contribution in [0.15, 0.2) is 0 Å². The van der Waals surface area contributed by atoms with Crippen molar-refractivity contribution < 1.29 is 13.2 Å². The zero-order valence-corrected chi connectivity index (χ0v) is 13.7. The fourth-order valence-corrected chi connectivity index (χ4v) is 4.53. The summed E-state index contributed by atoms with van der Waals surface area (Å²) in [5.41, 5.74) is 0. The number of carbonyl (C=O) groups is 1. The molecule has 0 bridgehead atoms. The Bertz CT molecular complexity index is 436. The van der Waals surface area contributed by atoms with Crippen LogP contribution in [-0.2, 0) is 14.8 Å². The summed E-state index contributed by atoms with van der Waals surface area (Å²) in [4.78, 5) is 14.3. The number of amides is 1.